The summed E-state index contributed by atoms with van der Waals surface area (Å²) in [6, 6.07) is 14.6. The van der Waals surface area contributed by atoms with Crippen molar-refractivity contribution in [3.05, 3.63) is 75.7 Å². The van der Waals surface area contributed by atoms with Crippen LogP contribution in [-0.4, -0.2) is 38.5 Å². The highest BCUT2D eigenvalue weighted by Crippen LogP contribution is 2.24. The van der Waals surface area contributed by atoms with Gasteiger partial charge in [0.25, 0.3) is 5.56 Å². The van der Waals surface area contributed by atoms with Crippen LogP contribution in [0.15, 0.2) is 64.7 Å². The molecule has 0 aliphatic carbocycles. The maximum atomic E-state index is 12.5. The second kappa shape index (κ2) is 9.23. The number of amides is 1. The first-order valence-electron chi connectivity index (χ1n) is 9.31. The van der Waals surface area contributed by atoms with Gasteiger partial charge in [0.05, 0.1) is 19.1 Å². The van der Waals surface area contributed by atoms with Gasteiger partial charge in [0.1, 0.15) is 16.8 Å². The average molecular weight is 456 g/mol. The minimum atomic E-state index is -0.329. The molecule has 0 bridgehead atoms. The molecule has 8 nitrogen and oxygen atoms in total. The first kappa shape index (κ1) is 21.0. The van der Waals surface area contributed by atoms with E-state index in [1.54, 1.807) is 23.9 Å². The van der Waals surface area contributed by atoms with Crippen molar-refractivity contribution >= 4 is 40.3 Å². The van der Waals surface area contributed by atoms with Crippen LogP contribution in [0.5, 0.6) is 5.75 Å². The van der Waals surface area contributed by atoms with Crippen molar-refractivity contribution in [1.29, 1.82) is 0 Å². The van der Waals surface area contributed by atoms with E-state index in [1.807, 2.05) is 36.4 Å². The number of para-hydroxylation sites is 2. The SMILES string of the molecule is COc1ccccc1-n1ncc2c(=O)[nH]c(SCC(=O)NCc3ccccc3Cl)nc21. The van der Waals surface area contributed by atoms with Crippen LogP contribution >= 0.6 is 23.4 Å². The Hall–Kier alpha value is -3.30. The fourth-order valence-electron chi connectivity index (χ4n) is 2.97. The largest absolute Gasteiger partial charge is 0.494 e. The van der Waals surface area contributed by atoms with Crippen LogP contribution in [0, 0.1) is 0 Å². The molecule has 0 atom stereocenters. The number of hydrogen-bond acceptors (Lipinski definition) is 6. The number of carbonyl (C=O) groups excluding carboxylic acids is 1. The van der Waals surface area contributed by atoms with E-state index in [4.69, 9.17) is 16.3 Å². The van der Waals surface area contributed by atoms with Gasteiger partial charge in [-0.15, -0.1) is 0 Å². The molecule has 0 fully saturated rings. The Balaban J connectivity index is 1.51. The molecule has 1 amide bonds. The molecule has 0 unspecified atom stereocenters. The molecule has 0 saturated carbocycles. The Kier molecular flexibility index (Phi) is 6.24. The van der Waals surface area contributed by atoms with E-state index in [-0.39, 0.29) is 17.2 Å². The molecule has 4 rings (SSSR count). The lowest BCUT2D eigenvalue weighted by atomic mass is 10.2. The monoisotopic (exact) mass is 455 g/mol. The first-order chi connectivity index (χ1) is 15.1. The van der Waals surface area contributed by atoms with Gasteiger partial charge in [0.2, 0.25) is 5.91 Å². The van der Waals surface area contributed by atoms with Gasteiger partial charge in [-0.05, 0) is 23.8 Å². The number of aromatic nitrogens is 4. The number of methoxy groups -OCH3 is 1. The summed E-state index contributed by atoms with van der Waals surface area (Å²) in [5.41, 5.74) is 1.54. The molecular formula is C21H18ClN5O3S. The number of benzene rings is 2. The molecule has 4 aromatic rings. The summed E-state index contributed by atoms with van der Waals surface area (Å²) < 4.78 is 6.93. The van der Waals surface area contributed by atoms with Gasteiger partial charge in [-0.3, -0.25) is 9.59 Å². The molecule has 0 saturated heterocycles. The fraction of sp³-hybridized carbons (Fsp3) is 0.143. The number of fused-ring (bicyclic) bond motifs is 1. The summed E-state index contributed by atoms with van der Waals surface area (Å²) in [6.45, 7) is 0.322. The lowest BCUT2D eigenvalue weighted by Crippen LogP contribution is -2.25. The zero-order valence-corrected chi connectivity index (χ0v) is 18.0. The quantitative estimate of drug-likeness (QED) is 0.328. The number of rotatable bonds is 7. The van der Waals surface area contributed by atoms with E-state index in [2.05, 4.69) is 20.4 Å². The van der Waals surface area contributed by atoms with Crippen LogP contribution < -0.4 is 15.6 Å². The Labute approximate surface area is 186 Å². The van der Waals surface area contributed by atoms with E-state index < -0.39 is 0 Å². The molecule has 0 radical (unpaired) electrons. The maximum absolute atomic E-state index is 12.5. The van der Waals surface area contributed by atoms with Crippen LogP contribution in [0.1, 0.15) is 5.56 Å². The average Bonchev–Trinajstić information content (AvgIpc) is 3.21. The molecule has 2 N–H and O–H groups in total. The molecule has 0 aliphatic heterocycles. The van der Waals surface area contributed by atoms with Gasteiger partial charge in [-0.25, -0.2) is 9.67 Å². The number of nitrogens with one attached hydrogen (secondary N) is 2. The number of carbonyl (C=O) groups is 1. The van der Waals surface area contributed by atoms with Crippen LogP contribution in [0.4, 0.5) is 0 Å². The third kappa shape index (κ3) is 4.57. The Bertz CT molecular complexity index is 1300. The third-order valence-electron chi connectivity index (χ3n) is 4.50. The van der Waals surface area contributed by atoms with Crippen molar-refractivity contribution in [2.75, 3.05) is 12.9 Å². The molecule has 2 aromatic heterocycles. The lowest BCUT2D eigenvalue weighted by molar-refractivity contribution is -0.118. The normalized spacial score (nSPS) is 10.9. The standard InChI is InChI=1S/C21H18ClN5O3S/c1-30-17-9-5-4-8-16(17)27-19-14(11-24-27)20(29)26-21(25-19)31-12-18(28)23-10-13-6-2-3-7-15(13)22/h2-9,11H,10,12H2,1H3,(H,23,28)(H,25,26,29). The second-order valence-corrected chi connectivity index (χ2v) is 7.86. The number of thioether (sulfide) groups is 1. The van der Waals surface area contributed by atoms with Gasteiger partial charge >= 0.3 is 0 Å². The van der Waals surface area contributed by atoms with E-state index in [1.165, 1.54) is 6.20 Å². The fourth-order valence-corrected chi connectivity index (χ4v) is 3.86. The summed E-state index contributed by atoms with van der Waals surface area (Å²) in [5.74, 6) is 0.482. The van der Waals surface area contributed by atoms with Crippen molar-refractivity contribution in [2.24, 2.45) is 0 Å². The highest BCUT2D eigenvalue weighted by molar-refractivity contribution is 7.99. The predicted octanol–water partition coefficient (Wildman–Crippen LogP) is 3.18. The minimum absolute atomic E-state index is 0.0850. The summed E-state index contributed by atoms with van der Waals surface area (Å²) in [4.78, 5) is 31.9. The van der Waals surface area contributed by atoms with E-state index in [9.17, 15) is 9.59 Å². The van der Waals surface area contributed by atoms with E-state index in [0.717, 1.165) is 17.3 Å². The lowest BCUT2D eigenvalue weighted by Gasteiger charge is -2.09. The number of H-pyrrole nitrogens is 1. The van der Waals surface area contributed by atoms with Gasteiger partial charge in [-0.1, -0.05) is 53.7 Å². The van der Waals surface area contributed by atoms with Crippen molar-refractivity contribution in [2.45, 2.75) is 11.7 Å². The van der Waals surface area contributed by atoms with E-state index >= 15 is 0 Å². The number of hydrogen-bond donors (Lipinski definition) is 2. The smallest absolute Gasteiger partial charge is 0.262 e. The number of ether oxygens (including phenoxy) is 1. The molecule has 2 aromatic carbocycles. The van der Waals surface area contributed by atoms with Gasteiger partial charge in [0.15, 0.2) is 10.8 Å². The maximum Gasteiger partial charge on any atom is 0.262 e. The van der Waals surface area contributed by atoms with Crippen LogP contribution in [0.2, 0.25) is 5.02 Å². The zero-order chi connectivity index (χ0) is 21.8. The second-order valence-electron chi connectivity index (χ2n) is 6.49. The zero-order valence-electron chi connectivity index (χ0n) is 16.5. The molecule has 158 valence electrons. The summed E-state index contributed by atoms with van der Waals surface area (Å²) >= 11 is 7.24. The molecular weight excluding hydrogens is 438 g/mol. The predicted molar refractivity (Wildman–Crippen MR) is 120 cm³/mol. The van der Waals surface area contributed by atoms with Crippen LogP contribution in [0.25, 0.3) is 16.7 Å². The summed E-state index contributed by atoms with van der Waals surface area (Å²) in [6.07, 6.45) is 1.46. The van der Waals surface area contributed by atoms with Gasteiger partial charge < -0.3 is 15.0 Å². The van der Waals surface area contributed by atoms with Crippen LogP contribution in [-0.2, 0) is 11.3 Å². The summed E-state index contributed by atoms with van der Waals surface area (Å²) in [5, 5.41) is 8.37. The third-order valence-corrected chi connectivity index (χ3v) is 5.75. The number of aromatic amines is 1. The van der Waals surface area contributed by atoms with Gasteiger partial charge in [-0.2, -0.15) is 5.10 Å². The molecule has 0 spiro atoms. The molecule has 0 aliphatic rings. The van der Waals surface area contributed by atoms with Crippen LogP contribution in [0.3, 0.4) is 0 Å². The van der Waals surface area contributed by atoms with Crippen molar-refractivity contribution in [3.63, 3.8) is 0 Å². The topological polar surface area (TPSA) is 102 Å². The molecule has 10 heteroatoms. The molecule has 31 heavy (non-hydrogen) atoms. The Morgan fingerprint density at radius 3 is 2.81 bits per heavy atom. The highest BCUT2D eigenvalue weighted by Gasteiger charge is 2.15. The van der Waals surface area contributed by atoms with Gasteiger partial charge in [0, 0.05) is 11.6 Å². The van der Waals surface area contributed by atoms with E-state index in [0.29, 0.717) is 39.2 Å². The van der Waals surface area contributed by atoms with Crippen molar-refractivity contribution < 1.29 is 9.53 Å². The van der Waals surface area contributed by atoms with Crippen molar-refractivity contribution in [1.82, 2.24) is 25.1 Å². The summed E-state index contributed by atoms with van der Waals surface area (Å²) in [7, 11) is 1.56. The van der Waals surface area contributed by atoms with Crippen molar-refractivity contribution in [3.8, 4) is 11.4 Å². The Morgan fingerprint density at radius 2 is 2.00 bits per heavy atom. The first-order valence-corrected chi connectivity index (χ1v) is 10.7. The molecule has 2 heterocycles. The Morgan fingerprint density at radius 1 is 1.23 bits per heavy atom. The number of nitrogens with zero attached hydrogens (tertiary/aromatic N) is 3. The minimum Gasteiger partial charge on any atom is -0.494 e. The number of halogens is 1. The highest BCUT2D eigenvalue weighted by atomic mass is 35.5.